The summed E-state index contributed by atoms with van der Waals surface area (Å²) in [5, 5.41) is 0. The topological polar surface area (TPSA) is 36.7 Å². The summed E-state index contributed by atoms with van der Waals surface area (Å²) in [6, 6.07) is 3.87. The van der Waals surface area contributed by atoms with E-state index in [0.717, 1.165) is 44.4 Å². The van der Waals surface area contributed by atoms with Gasteiger partial charge >= 0.3 is 0 Å². The normalized spacial score (nSPS) is 21.7. The van der Waals surface area contributed by atoms with Gasteiger partial charge in [-0.1, -0.05) is 5.57 Å². The fourth-order valence-electron chi connectivity index (χ4n) is 2.89. The third-order valence-electron chi connectivity index (χ3n) is 4.26. The zero-order chi connectivity index (χ0) is 14.7. The molecule has 1 aromatic rings. The highest BCUT2D eigenvalue weighted by Gasteiger charge is 2.28. The lowest BCUT2D eigenvalue weighted by Gasteiger charge is -2.22. The van der Waals surface area contributed by atoms with E-state index in [0.29, 0.717) is 12.3 Å². The molecule has 1 aromatic heterocycles. The molecule has 3 rings (SSSR count). The third kappa shape index (κ3) is 4.21. The average molecular weight is 288 g/mol. The van der Waals surface area contributed by atoms with Gasteiger partial charge in [0.15, 0.2) is 0 Å². The lowest BCUT2D eigenvalue weighted by Crippen LogP contribution is -2.35. The Kier molecular flexibility index (Phi) is 4.44. The molecule has 0 unspecified atom stereocenters. The van der Waals surface area contributed by atoms with E-state index < -0.39 is 0 Å². The molecule has 1 aliphatic heterocycles. The minimum atomic E-state index is 0.331. The highest BCUT2D eigenvalue weighted by molar-refractivity contribution is 5.76. The van der Waals surface area contributed by atoms with Crippen molar-refractivity contribution >= 4 is 12.0 Å². The van der Waals surface area contributed by atoms with Crippen LogP contribution in [0.15, 0.2) is 28.4 Å². The molecule has 0 bridgehead atoms. The third-order valence-corrected chi connectivity index (χ3v) is 4.26. The highest BCUT2D eigenvalue weighted by Crippen LogP contribution is 2.30. The summed E-state index contributed by atoms with van der Waals surface area (Å²) in [4.78, 5) is 16.6. The average Bonchev–Trinajstić information content (AvgIpc) is 3.17. The molecule has 4 nitrogen and oxygen atoms in total. The number of rotatable bonds is 5. The summed E-state index contributed by atoms with van der Waals surface area (Å²) in [5.74, 6) is 2.01. The van der Waals surface area contributed by atoms with Gasteiger partial charge in [-0.25, -0.2) is 0 Å². The van der Waals surface area contributed by atoms with Gasteiger partial charge in [0.05, 0.1) is 6.26 Å². The first-order valence-electron chi connectivity index (χ1n) is 7.91. The van der Waals surface area contributed by atoms with Crippen LogP contribution in [-0.2, 0) is 4.79 Å². The van der Waals surface area contributed by atoms with Crippen LogP contribution in [0.25, 0.3) is 6.08 Å². The second kappa shape index (κ2) is 6.48. The van der Waals surface area contributed by atoms with Crippen molar-refractivity contribution in [3.05, 3.63) is 29.7 Å². The molecule has 21 heavy (non-hydrogen) atoms. The zero-order valence-corrected chi connectivity index (χ0v) is 12.8. The maximum atomic E-state index is 12.1. The van der Waals surface area contributed by atoms with E-state index in [2.05, 4.69) is 22.8 Å². The van der Waals surface area contributed by atoms with E-state index in [1.54, 1.807) is 6.26 Å². The molecule has 1 saturated carbocycles. The molecule has 1 amide bonds. The molecule has 0 aromatic carbocycles. The first-order valence-corrected chi connectivity index (χ1v) is 7.91. The SMILES string of the molecule is CC(=Cc1ccco1)CN1CCC(=O)N(CC2CC2)CC1. The van der Waals surface area contributed by atoms with E-state index in [-0.39, 0.29) is 0 Å². The number of amides is 1. The first kappa shape index (κ1) is 14.4. The smallest absolute Gasteiger partial charge is 0.223 e. The predicted octanol–water partition coefficient (Wildman–Crippen LogP) is 2.63. The molecule has 1 saturated heterocycles. The Hall–Kier alpha value is -1.55. The van der Waals surface area contributed by atoms with Crippen LogP contribution >= 0.6 is 0 Å². The molecule has 2 aliphatic rings. The zero-order valence-electron chi connectivity index (χ0n) is 12.8. The minimum absolute atomic E-state index is 0.331. The Morgan fingerprint density at radius 2 is 2.24 bits per heavy atom. The highest BCUT2D eigenvalue weighted by atomic mass is 16.3. The van der Waals surface area contributed by atoms with Gasteiger partial charge < -0.3 is 9.32 Å². The fourth-order valence-corrected chi connectivity index (χ4v) is 2.89. The molecular formula is C17H24N2O2. The van der Waals surface area contributed by atoms with Crippen LogP contribution in [0.2, 0.25) is 0 Å². The molecule has 4 heteroatoms. The lowest BCUT2D eigenvalue weighted by molar-refractivity contribution is -0.130. The van der Waals surface area contributed by atoms with Gasteiger partial charge in [0.25, 0.3) is 0 Å². The van der Waals surface area contributed by atoms with Crippen LogP contribution in [0.3, 0.4) is 0 Å². The number of carbonyl (C=O) groups excluding carboxylic acids is 1. The number of hydrogen-bond donors (Lipinski definition) is 0. The molecule has 2 fully saturated rings. The molecule has 0 N–H and O–H groups in total. The van der Waals surface area contributed by atoms with E-state index >= 15 is 0 Å². The van der Waals surface area contributed by atoms with Crippen LogP contribution in [0, 0.1) is 5.92 Å². The van der Waals surface area contributed by atoms with Crippen molar-refractivity contribution in [2.24, 2.45) is 5.92 Å². The Morgan fingerprint density at radius 3 is 2.95 bits per heavy atom. The predicted molar refractivity (Wildman–Crippen MR) is 82.7 cm³/mol. The van der Waals surface area contributed by atoms with Crippen LogP contribution in [0.5, 0.6) is 0 Å². The van der Waals surface area contributed by atoms with Crippen molar-refractivity contribution in [3.63, 3.8) is 0 Å². The van der Waals surface area contributed by atoms with Crippen molar-refractivity contribution in [3.8, 4) is 0 Å². The second-order valence-electron chi connectivity index (χ2n) is 6.32. The summed E-state index contributed by atoms with van der Waals surface area (Å²) in [5.41, 5.74) is 1.27. The molecule has 0 spiro atoms. The monoisotopic (exact) mass is 288 g/mol. The lowest BCUT2D eigenvalue weighted by atomic mass is 10.2. The standard InChI is InChI=1S/C17H24N2O2/c1-14(11-16-3-2-10-21-16)12-18-7-6-17(20)19(9-8-18)13-15-4-5-15/h2-3,10-11,15H,4-9,12-13H2,1H3. The van der Waals surface area contributed by atoms with Gasteiger partial charge in [0.1, 0.15) is 5.76 Å². The molecule has 0 radical (unpaired) electrons. The van der Waals surface area contributed by atoms with Crippen molar-refractivity contribution in [2.75, 3.05) is 32.7 Å². The summed E-state index contributed by atoms with van der Waals surface area (Å²) < 4.78 is 5.35. The molecule has 1 aliphatic carbocycles. The summed E-state index contributed by atoms with van der Waals surface area (Å²) in [7, 11) is 0. The molecular weight excluding hydrogens is 264 g/mol. The Labute approximate surface area is 126 Å². The Bertz CT molecular complexity index is 503. The Morgan fingerprint density at radius 1 is 1.38 bits per heavy atom. The van der Waals surface area contributed by atoms with Crippen molar-refractivity contribution in [1.29, 1.82) is 0 Å². The molecule has 2 heterocycles. The maximum absolute atomic E-state index is 12.1. The number of nitrogens with zero attached hydrogens (tertiary/aromatic N) is 2. The Balaban J connectivity index is 1.53. The van der Waals surface area contributed by atoms with E-state index in [1.807, 2.05) is 12.1 Å². The summed E-state index contributed by atoms with van der Waals surface area (Å²) >= 11 is 0. The first-order chi connectivity index (χ1) is 10.2. The fraction of sp³-hybridized carbons (Fsp3) is 0.588. The van der Waals surface area contributed by atoms with Crippen molar-refractivity contribution in [2.45, 2.75) is 26.2 Å². The van der Waals surface area contributed by atoms with Crippen LogP contribution in [0.4, 0.5) is 0 Å². The van der Waals surface area contributed by atoms with Gasteiger partial charge in [-0.2, -0.15) is 0 Å². The second-order valence-corrected chi connectivity index (χ2v) is 6.32. The number of furan rings is 1. The van der Waals surface area contributed by atoms with Crippen molar-refractivity contribution in [1.82, 2.24) is 9.80 Å². The van der Waals surface area contributed by atoms with Crippen LogP contribution in [0.1, 0.15) is 31.9 Å². The van der Waals surface area contributed by atoms with Crippen molar-refractivity contribution < 1.29 is 9.21 Å². The van der Waals surface area contributed by atoms with Crippen LogP contribution in [-0.4, -0.2) is 48.4 Å². The maximum Gasteiger partial charge on any atom is 0.223 e. The molecule has 114 valence electrons. The van der Waals surface area contributed by atoms with Crippen LogP contribution < -0.4 is 0 Å². The summed E-state index contributed by atoms with van der Waals surface area (Å²) in [6.45, 7) is 6.73. The van der Waals surface area contributed by atoms with Gasteiger partial charge in [-0.05, 0) is 43.9 Å². The quantitative estimate of drug-likeness (QED) is 0.835. The van der Waals surface area contributed by atoms with Gasteiger partial charge in [-0.3, -0.25) is 9.69 Å². The van der Waals surface area contributed by atoms with E-state index in [4.69, 9.17) is 4.42 Å². The number of carbonyl (C=O) groups is 1. The largest absolute Gasteiger partial charge is 0.465 e. The van der Waals surface area contributed by atoms with E-state index in [9.17, 15) is 4.79 Å². The molecule has 0 atom stereocenters. The van der Waals surface area contributed by atoms with Gasteiger partial charge in [0.2, 0.25) is 5.91 Å². The van der Waals surface area contributed by atoms with Gasteiger partial charge in [-0.15, -0.1) is 0 Å². The van der Waals surface area contributed by atoms with E-state index in [1.165, 1.54) is 18.4 Å². The van der Waals surface area contributed by atoms with Gasteiger partial charge in [0, 0.05) is 39.1 Å². The summed E-state index contributed by atoms with van der Waals surface area (Å²) in [6.07, 6.45) is 7.03. The minimum Gasteiger partial charge on any atom is -0.465 e. The number of hydrogen-bond acceptors (Lipinski definition) is 3.